The van der Waals surface area contributed by atoms with Gasteiger partial charge in [0.05, 0.1) is 11.9 Å². The highest BCUT2D eigenvalue weighted by molar-refractivity contribution is 5.92. The van der Waals surface area contributed by atoms with Crippen LogP contribution in [0.1, 0.15) is 6.92 Å². The predicted octanol–water partition coefficient (Wildman–Crippen LogP) is 0.754. The molecule has 1 atom stereocenters. The van der Waals surface area contributed by atoms with Gasteiger partial charge in [0.2, 0.25) is 5.91 Å². The number of aromatic nitrogens is 1. The van der Waals surface area contributed by atoms with Gasteiger partial charge in [-0.2, -0.15) is 0 Å². The van der Waals surface area contributed by atoms with Gasteiger partial charge in [-0.05, 0) is 6.07 Å². The number of pyridine rings is 1. The van der Waals surface area contributed by atoms with Crippen LogP contribution >= 0.6 is 0 Å². The average Bonchev–Trinajstić information content (AvgIpc) is 2.20. The zero-order valence-electron chi connectivity index (χ0n) is 7.83. The molecule has 4 nitrogen and oxygen atoms in total. The molecule has 0 radical (unpaired) electrons. The lowest BCUT2D eigenvalue weighted by molar-refractivity contribution is -0.119. The lowest BCUT2D eigenvalue weighted by Crippen LogP contribution is -2.27. The van der Waals surface area contributed by atoms with Gasteiger partial charge < -0.3 is 11.1 Å². The topological polar surface area (TPSA) is 68.0 Å². The van der Waals surface area contributed by atoms with E-state index in [9.17, 15) is 9.18 Å². The molecule has 0 bridgehead atoms. The van der Waals surface area contributed by atoms with E-state index in [-0.39, 0.29) is 24.1 Å². The molecule has 0 fully saturated rings. The molecule has 0 aliphatic rings. The highest BCUT2D eigenvalue weighted by atomic mass is 19.1. The molecule has 1 aromatic rings. The number of hydrogen-bond acceptors (Lipinski definition) is 3. The maximum Gasteiger partial charge on any atom is 0.228 e. The SMILES string of the molecule is CC(CN)C(=O)Nc1ccncc1F. The fourth-order valence-corrected chi connectivity index (χ4v) is 0.840. The Balaban J connectivity index is 2.70. The van der Waals surface area contributed by atoms with Gasteiger partial charge in [-0.3, -0.25) is 9.78 Å². The van der Waals surface area contributed by atoms with E-state index < -0.39 is 5.82 Å². The second kappa shape index (κ2) is 4.66. The Morgan fingerprint density at radius 1 is 1.79 bits per heavy atom. The van der Waals surface area contributed by atoms with Crippen molar-refractivity contribution in [3.05, 3.63) is 24.3 Å². The van der Waals surface area contributed by atoms with E-state index in [0.29, 0.717) is 0 Å². The van der Waals surface area contributed by atoms with Gasteiger partial charge in [-0.15, -0.1) is 0 Å². The highest BCUT2D eigenvalue weighted by Gasteiger charge is 2.12. The number of amides is 1. The Hall–Kier alpha value is -1.49. The van der Waals surface area contributed by atoms with E-state index >= 15 is 0 Å². The van der Waals surface area contributed by atoms with Crippen LogP contribution in [0.2, 0.25) is 0 Å². The molecule has 1 unspecified atom stereocenters. The molecule has 0 saturated carbocycles. The molecule has 0 aliphatic carbocycles. The second-order valence-electron chi connectivity index (χ2n) is 2.98. The van der Waals surface area contributed by atoms with Crippen molar-refractivity contribution >= 4 is 11.6 Å². The third kappa shape index (κ3) is 2.50. The lowest BCUT2D eigenvalue weighted by Gasteiger charge is -2.09. The van der Waals surface area contributed by atoms with Crippen LogP contribution in [0.5, 0.6) is 0 Å². The van der Waals surface area contributed by atoms with Crippen LogP contribution in [0.3, 0.4) is 0 Å². The molecule has 0 spiro atoms. The zero-order chi connectivity index (χ0) is 10.6. The van der Waals surface area contributed by atoms with E-state index in [0.717, 1.165) is 6.20 Å². The van der Waals surface area contributed by atoms with Crippen molar-refractivity contribution in [1.82, 2.24) is 4.98 Å². The summed E-state index contributed by atoms with van der Waals surface area (Å²) in [4.78, 5) is 14.9. The zero-order valence-corrected chi connectivity index (χ0v) is 7.83. The summed E-state index contributed by atoms with van der Waals surface area (Å²) in [5.41, 5.74) is 5.43. The number of carbonyl (C=O) groups excluding carboxylic acids is 1. The molecule has 0 saturated heterocycles. The largest absolute Gasteiger partial charge is 0.330 e. The molecule has 1 aromatic heterocycles. The van der Waals surface area contributed by atoms with Gasteiger partial charge in [0.15, 0.2) is 5.82 Å². The number of carbonyl (C=O) groups is 1. The van der Waals surface area contributed by atoms with E-state index in [4.69, 9.17) is 5.73 Å². The van der Waals surface area contributed by atoms with Crippen LogP contribution in [0, 0.1) is 11.7 Å². The minimum absolute atomic E-state index is 0.130. The molecule has 76 valence electrons. The number of anilines is 1. The summed E-state index contributed by atoms with van der Waals surface area (Å²) in [5, 5.41) is 2.43. The third-order valence-corrected chi connectivity index (χ3v) is 1.83. The van der Waals surface area contributed by atoms with Crippen LogP contribution in [0.15, 0.2) is 18.5 Å². The first-order valence-corrected chi connectivity index (χ1v) is 4.25. The van der Waals surface area contributed by atoms with Gasteiger partial charge in [0, 0.05) is 18.7 Å². The highest BCUT2D eigenvalue weighted by Crippen LogP contribution is 2.11. The molecule has 1 heterocycles. The monoisotopic (exact) mass is 197 g/mol. The maximum absolute atomic E-state index is 13.0. The molecular formula is C9H12FN3O. The number of hydrogen-bond donors (Lipinski definition) is 2. The van der Waals surface area contributed by atoms with Crippen LogP contribution in [-0.2, 0) is 4.79 Å². The van der Waals surface area contributed by atoms with Gasteiger partial charge >= 0.3 is 0 Å². The van der Waals surface area contributed by atoms with E-state index in [1.165, 1.54) is 12.3 Å². The molecule has 3 N–H and O–H groups in total. The quantitative estimate of drug-likeness (QED) is 0.751. The van der Waals surface area contributed by atoms with Gasteiger partial charge in [0.1, 0.15) is 0 Å². The Labute approximate surface area is 81.3 Å². The summed E-state index contributed by atoms with van der Waals surface area (Å²) < 4.78 is 13.0. The Kier molecular flexibility index (Phi) is 3.53. The van der Waals surface area contributed by atoms with Crippen molar-refractivity contribution < 1.29 is 9.18 Å². The van der Waals surface area contributed by atoms with E-state index in [2.05, 4.69) is 10.3 Å². The first kappa shape index (κ1) is 10.6. The minimum Gasteiger partial charge on any atom is -0.330 e. The van der Waals surface area contributed by atoms with Crippen molar-refractivity contribution in [3.63, 3.8) is 0 Å². The summed E-state index contributed by atoms with van der Waals surface area (Å²) in [6.07, 6.45) is 2.45. The van der Waals surface area contributed by atoms with Crippen LogP contribution in [0.4, 0.5) is 10.1 Å². The Bertz CT molecular complexity index is 330. The Morgan fingerprint density at radius 3 is 3.07 bits per heavy atom. The number of nitrogens with zero attached hydrogens (tertiary/aromatic N) is 1. The average molecular weight is 197 g/mol. The van der Waals surface area contributed by atoms with Crippen molar-refractivity contribution in [1.29, 1.82) is 0 Å². The molecule has 14 heavy (non-hydrogen) atoms. The molecular weight excluding hydrogens is 185 g/mol. The van der Waals surface area contributed by atoms with Crippen LogP contribution in [0.25, 0.3) is 0 Å². The summed E-state index contributed by atoms with van der Waals surface area (Å²) in [6.45, 7) is 1.91. The number of halogens is 1. The Morgan fingerprint density at radius 2 is 2.50 bits per heavy atom. The van der Waals surface area contributed by atoms with Crippen LogP contribution < -0.4 is 11.1 Å². The standard InChI is InChI=1S/C9H12FN3O/c1-6(4-11)9(14)13-8-2-3-12-5-7(8)10/h2-3,5-6H,4,11H2,1H3,(H,12,13,14). The maximum atomic E-state index is 13.0. The number of nitrogens with one attached hydrogen (secondary N) is 1. The normalized spacial score (nSPS) is 12.2. The molecule has 1 amide bonds. The molecule has 1 rings (SSSR count). The van der Waals surface area contributed by atoms with E-state index in [1.54, 1.807) is 6.92 Å². The predicted molar refractivity (Wildman–Crippen MR) is 51.0 cm³/mol. The van der Waals surface area contributed by atoms with Crippen molar-refractivity contribution in [3.8, 4) is 0 Å². The second-order valence-corrected chi connectivity index (χ2v) is 2.98. The number of nitrogens with two attached hydrogens (primary N) is 1. The fraction of sp³-hybridized carbons (Fsp3) is 0.333. The van der Waals surface area contributed by atoms with Crippen molar-refractivity contribution in [2.75, 3.05) is 11.9 Å². The first-order valence-electron chi connectivity index (χ1n) is 4.25. The lowest BCUT2D eigenvalue weighted by atomic mass is 10.1. The van der Waals surface area contributed by atoms with Gasteiger partial charge in [-0.1, -0.05) is 6.92 Å². The summed E-state index contributed by atoms with van der Waals surface area (Å²) in [5.74, 6) is -1.18. The smallest absolute Gasteiger partial charge is 0.228 e. The summed E-state index contributed by atoms with van der Waals surface area (Å²) >= 11 is 0. The first-order chi connectivity index (χ1) is 6.65. The van der Waals surface area contributed by atoms with Gasteiger partial charge in [0.25, 0.3) is 0 Å². The molecule has 0 aliphatic heterocycles. The molecule has 5 heteroatoms. The summed E-state index contributed by atoms with van der Waals surface area (Å²) in [7, 11) is 0. The van der Waals surface area contributed by atoms with E-state index in [1.807, 2.05) is 0 Å². The van der Waals surface area contributed by atoms with Crippen molar-refractivity contribution in [2.45, 2.75) is 6.92 Å². The fourth-order valence-electron chi connectivity index (χ4n) is 0.840. The number of rotatable bonds is 3. The van der Waals surface area contributed by atoms with Gasteiger partial charge in [-0.25, -0.2) is 4.39 Å². The van der Waals surface area contributed by atoms with Crippen molar-refractivity contribution in [2.24, 2.45) is 11.7 Å². The summed E-state index contributed by atoms with van der Waals surface area (Å²) in [6, 6.07) is 1.40. The minimum atomic E-state index is -0.551. The third-order valence-electron chi connectivity index (χ3n) is 1.83. The molecule has 0 aromatic carbocycles. The van der Waals surface area contributed by atoms with Crippen LogP contribution in [-0.4, -0.2) is 17.4 Å².